The van der Waals surface area contributed by atoms with Gasteiger partial charge in [-0.1, -0.05) is 6.07 Å². The third-order valence-electron chi connectivity index (χ3n) is 5.54. The van der Waals surface area contributed by atoms with Gasteiger partial charge in [-0.15, -0.1) is 0 Å². The fourth-order valence-electron chi connectivity index (χ4n) is 3.66. The molecule has 5 nitrogen and oxygen atoms in total. The van der Waals surface area contributed by atoms with E-state index < -0.39 is 6.10 Å². The normalized spacial score (nSPS) is 22.0. The van der Waals surface area contributed by atoms with Crippen LogP contribution in [0.25, 0.3) is 0 Å². The Morgan fingerprint density at radius 1 is 1.08 bits per heavy atom. The van der Waals surface area contributed by atoms with E-state index in [1.807, 2.05) is 25.2 Å². The first-order chi connectivity index (χ1) is 12.2. The van der Waals surface area contributed by atoms with Crippen molar-refractivity contribution in [2.75, 3.05) is 39.9 Å². The third kappa shape index (κ3) is 4.46. The second kappa shape index (κ2) is 7.52. The summed E-state index contributed by atoms with van der Waals surface area (Å²) in [5.74, 6) is 3.27. The Labute approximate surface area is 150 Å². The summed E-state index contributed by atoms with van der Waals surface area (Å²) in [6.45, 7) is 4.41. The van der Waals surface area contributed by atoms with Gasteiger partial charge >= 0.3 is 0 Å². The molecular weight excluding hydrogens is 316 g/mol. The highest BCUT2D eigenvalue weighted by Gasteiger charge is 2.32. The summed E-state index contributed by atoms with van der Waals surface area (Å²) < 4.78 is 11.2. The number of fused-ring (bicyclic) bond motifs is 1. The molecule has 1 aliphatic heterocycles. The number of hydrogen-bond donors (Lipinski definition) is 2. The predicted octanol–water partition coefficient (Wildman–Crippen LogP) is 2.20. The topological polar surface area (TPSA) is 54.0 Å². The Balaban J connectivity index is 1.42. The molecule has 2 N–H and O–H groups in total. The number of likely N-dealkylation sites (N-methyl/N-ethyl adjacent to an activating group) is 1. The molecule has 138 valence electrons. The lowest BCUT2D eigenvalue weighted by Gasteiger charge is -2.31. The molecule has 2 atom stereocenters. The minimum absolute atomic E-state index is 0.0139. The lowest BCUT2D eigenvalue weighted by molar-refractivity contribution is 0.1000. The first kappa shape index (κ1) is 17.1. The number of nitrogens with zero attached hydrogens (tertiary/aromatic N) is 1. The zero-order valence-corrected chi connectivity index (χ0v) is 15.1. The molecular formula is C20H30N2O3. The van der Waals surface area contributed by atoms with Crippen LogP contribution in [-0.4, -0.2) is 55.9 Å². The molecule has 1 aromatic rings. The predicted molar refractivity (Wildman–Crippen MR) is 97.1 cm³/mol. The highest BCUT2D eigenvalue weighted by atomic mass is 16.6. The molecule has 0 spiro atoms. The van der Waals surface area contributed by atoms with Gasteiger partial charge in [-0.3, -0.25) is 0 Å². The second-order valence-electron chi connectivity index (χ2n) is 7.85. The molecule has 2 fully saturated rings. The number of rotatable bonds is 9. The van der Waals surface area contributed by atoms with Gasteiger partial charge in [0.2, 0.25) is 0 Å². The van der Waals surface area contributed by atoms with Crippen molar-refractivity contribution in [3.63, 3.8) is 0 Å². The molecule has 0 bridgehead atoms. The molecule has 1 aromatic carbocycles. The minimum atomic E-state index is -0.554. The zero-order valence-electron chi connectivity index (χ0n) is 15.1. The molecule has 2 aliphatic carbocycles. The number of nitrogens with one attached hydrogen (secondary N) is 1. The van der Waals surface area contributed by atoms with Gasteiger partial charge in [0.05, 0.1) is 6.10 Å². The van der Waals surface area contributed by atoms with Crippen LogP contribution >= 0.6 is 0 Å². The highest BCUT2D eigenvalue weighted by Crippen LogP contribution is 2.35. The molecule has 0 amide bonds. The summed E-state index contributed by atoms with van der Waals surface area (Å²) in [6.07, 6.45) is 4.93. The van der Waals surface area contributed by atoms with Crippen molar-refractivity contribution in [1.29, 1.82) is 0 Å². The summed E-state index contributed by atoms with van der Waals surface area (Å²) in [4.78, 5) is 2.57. The van der Waals surface area contributed by atoms with Crippen molar-refractivity contribution in [1.82, 2.24) is 10.2 Å². The van der Waals surface area contributed by atoms with Crippen molar-refractivity contribution in [3.05, 3.63) is 23.8 Å². The number of benzene rings is 1. The molecule has 2 saturated carbocycles. The van der Waals surface area contributed by atoms with Gasteiger partial charge in [0.1, 0.15) is 13.2 Å². The van der Waals surface area contributed by atoms with Gasteiger partial charge in [0.25, 0.3) is 0 Å². The molecule has 0 unspecified atom stereocenters. The van der Waals surface area contributed by atoms with Crippen LogP contribution in [0.4, 0.5) is 0 Å². The second-order valence-corrected chi connectivity index (χ2v) is 7.85. The van der Waals surface area contributed by atoms with Crippen LogP contribution in [-0.2, 0) is 0 Å². The number of aliphatic hydroxyl groups excluding tert-OH is 1. The molecule has 4 rings (SSSR count). The number of hydrogen-bond acceptors (Lipinski definition) is 5. The Morgan fingerprint density at radius 2 is 1.72 bits per heavy atom. The Hall–Kier alpha value is -1.30. The van der Waals surface area contributed by atoms with E-state index in [9.17, 15) is 5.11 Å². The standard InChI is InChI=1S/C20H30N2O3/c1-21-17(13-22(11-14-2-3-14)12-15-4-5-15)20(23)16-6-7-18-19(10-16)25-9-8-24-18/h6-7,10,14-15,17,20-21,23H,2-5,8-9,11-13H2,1H3/t17-,20-/m1/s1. The van der Waals surface area contributed by atoms with Crippen molar-refractivity contribution in [3.8, 4) is 11.5 Å². The van der Waals surface area contributed by atoms with Crippen molar-refractivity contribution in [2.45, 2.75) is 37.8 Å². The van der Waals surface area contributed by atoms with Gasteiger partial charge in [0.15, 0.2) is 11.5 Å². The van der Waals surface area contributed by atoms with Crippen LogP contribution in [0.3, 0.4) is 0 Å². The lowest BCUT2D eigenvalue weighted by atomic mass is 10.0. The summed E-state index contributed by atoms with van der Waals surface area (Å²) in [5.41, 5.74) is 0.890. The van der Waals surface area contributed by atoms with E-state index in [0.29, 0.717) is 13.2 Å². The quantitative estimate of drug-likeness (QED) is 0.718. The van der Waals surface area contributed by atoms with E-state index in [4.69, 9.17) is 9.47 Å². The zero-order chi connectivity index (χ0) is 17.2. The third-order valence-corrected chi connectivity index (χ3v) is 5.54. The van der Waals surface area contributed by atoms with E-state index >= 15 is 0 Å². The van der Waals surface area contributed by atoms with Crippen LogP contribution < -0.4 is 14.8 Å². The fraction of sp³-hybridized carbons (Fsp3) is 0.700. The molecule has 0 radical (unpaired) electrons. The van der Waals surface area contributed by atoms with Crippen LogP contribution in [0.2, 0.25) is 0 Å². The van der Waals surface area contributed by atoms with E-state index in [1.54, 1.807) is 0 Å². The summed E-state index contributed by atoms with van der Waals surface area (Å²) in [5, 5.41) is 14.3. The molecule has 5 heteroatoms. The maximum atomic E-state index is 10.9. The summed E-state index contributed by atoms with van der Waals surface area (Å²) >= 11 is 0. The Bertz CT molecular complexity index is 572. The summed E-state index contributed by atoms with van der Waals surface area (Å²) in [6, 6.07) is 5.80. The minimum Gasteiger partial charge on any atom is -0.486 e. The maximum absolute atomic E-state index is 10.9. The number of ether oxygens (including phenoxy) is 2. The number of aliphatic hydroxyl groups is 1. The van der Waals surface area contributed by atoms with E-state index in [0.717, 1.165) is 35.4 Å². The van der Waals surface area contributed by atoms with Crippen molar-refractivity contribution < 1.29 is 14.6 Å². The summed E-state index contributed by atoms with van der Waals surface area (Å²) in [7, 11) is 1.94. The maximum Gasteiger partial charge on any atom is 0.161 e. The van der Waals surface area contributed by atoms with Crippen LogP contribution in [0.5, 0.6) is 11.5 Å². The largest absolute Gasteiger partial charge is 0.486 e. The van der Waals surface area contributed by atoms with Gasteiger partial charge in [-0.2, -0.15) is 0 Å². The first-order valence-corrected chi connectivity index (χ1v) is 9.70. The van der Waals surface area contributed by atoms with Crippen LogP contribution in [0.1, 0.15) is 37.4 Å². The SMILES string of the molecule is CN[C@H](CN(CC1CC1)CC1CC1)[C@H](O)c1ccc2c(c1)OCCO2. The Kier molecular flexibility index (Phi) is 5.15. The fourth-order valence-corrected chi connectivity index (χ4v) is 3.66. The smallest absolute Gasteiger partial charge is 0.161 e. The van der Waals surface area contributed by atoms with Gasteiger partial charge in [-0.25, -0.2) is 0 Å². The first-order valence-electron chi connectivity index (χ1n) is 9.70. The van der Waals surface area contributed by atoms with E-state index in [2.05, 4.69) is 10.2 Å². The molecule has 3 aliphatic rings. The van der Waals surface area contributed by atoms with E-state index in [1.165, 1.54) is 38.8 Å². The van der Waals surface area contributed by atoms with Gasteiger partial charge < -0.3 is 24.8 Å². The average Bonchev–Trinajstić information content (AvgIpc) is 3.55. The van der Waals surface area contributed by atoms with Crippen LogP contribution in [0.15, 0.2) is 18.2 Å². The highest BCUT2D eigenvalue weighted by molar-refractivity contribution is 5.44. The van der Waals surface area contributed by atoms with Crippen molar-refractivity contribution >= 4 is 0 Å². The molecule has 0 aromatic heterocycles. The van der Waals surface area contributed by atoms with E-state index in [-0.39, 0.29) is 6.04 Å². The van der Waals surface area contributed by atoms with Gasteiger partial charge in [0, 0.05) is 25.7 Å². The average molecular weight is 346 g/mol. The lowest BCUT2D eigenvalue weighted by Crippen LogP contribution is -2.44. The Morgan fingerprint density at radius 3 is 2.32 bits per heavy atom. The monoisotopic (exact) mass is 346 g/mol. The molecule has 1 heterocycles. The molecule has 0 saturated heterocycles. The van der Waals surface area contributed by atoms with Gasteiger partial charge in [-0.05, 0) is 62.3 Å². The van der Waals surface area contributed by atoms with Crippen LogP contribution in [0, 0.1) is 11.8 Å². The molecule has 25 heavy (non-hydrogen) atoms. The van der Waals surface area contributed by atoms with Crippen molar-refractivity contribution in [2.24, 2.45) is 11.8 Å².